The first-order valence-corrected chi connectivity index (χ1v) is 8.40. The number of aryl methyl sites for hydroxylation is 1. The molecule has 2 N–H and O–H groups in total. The number of aliphatic hydroxyl groups excluding tert-OH is 2. The summed E-state index contributed by atoms with van der Waals surface area (Å²) in [4.78, 5) is 11.1. The van der Waals surface area contributed by atoms with Gasteiger partial charge in [-0.05, 0) is 31.2 Å². The maximum absolute atomic E-state index is 11.1. The summed E-state index contributed by atoms with van der Waals surface area (Å²) in [5, 5.41) is 20.0. The Kier molecular flexibility index (Phi) is 7.30. The van der Waals surface area contributed by atoms with E-state index < -0.39 is 12.2 Å². The first-order chi connectivity index (χ1) is 11.1. The Morgan fingerprint density at radius 3 is 2.65 bits per heavy atom. The van der Waals surface area contributed by atoms with Crippen molar-refractivity contribution in [2.24, 2.45) is 0 Å². The van der Waals surface area contributed by atoms with E-state index in [1.165, 1.54) is 11.6 Å². The highest BCUT2D eigenvalue weighted by Crippen LogP contribution is 2.17. The molecule has 1 aliphatic rings. The van der Waals surface area contributed by atoms with E-state index in [2.05, 4.69) is 12.1 Å². The van der Waals surface area contributed by atoms with Gasteiger partial charge in [-0.2, -0.15) is 0 Å². The van der Waals surface area contributed by atoms with Gasteiger partial charge in [0.2, 0.25) is 0 Å². The zero-order chi connectivity index (χ0) is 16.5. The summed E-state index contributed by atoms with van der Waals surface area (Å²) in [6.07, 6.45) is 6.79. The highest BCUT2D eigenvalue weighted by molar-refractivity contribution is 5.82. The Balaban J connectivity index is 1.57. The number of hydrogen-bond donors (Lipinski definition) is 2. The SMILES string of the molecule is O=C1C=CC[C@@H](C[C@H](O)C[C@H](O)CCCCc2ccccc2)O1. The molecule has 0 saturated heterocycles. The van der Waals surface area contributed by atoms with Crippen molar-refractivity contribution in [1.29, 1.82) is 0 Å². The molecule has 1 aliphatic heterocycles. The van der Waals surface area contributed by atoms with Crippen molar-refractivity contribution in [1.82, 2.24) is 0 Å². The second-order valence-electron chi connectivity index (χ2n) is 6.21. The lowest BCUT2D eigenvalue weighted by molar-refractivity contribution is -0.145. The van der Waals surface area contributed by atoms with E-state index in [1.54, 1.807) is 6.08 Å². The van der Waals surface area contributed by atoms with Crippen molar-refractivity contribution in [2.45, 2.75) is 63.3 Å². The Morgan fingerprint density at radius 2 is 1.91 bits per heavy atom. The Hall–Kier alpha value is -1.65. The molecular weight excluding hydrogens is 292 g/mol. The van der Waals surface area contributed by atoms with Crippen LogP contribution < -0.4 is 0 Å². The number of carbonyl (C=O) groups is 1. The van der Waals surface area contributed by atoms with E-state index in [-0.39, 0.29) is 12.1 Å². The fourth-order valence-electron chi connectivity index (χ4n) is 2.90. The molecule has 0 radical (unpaired) electrons. The molecule has 0 saturated carbocycles. The van der Waals surface area contributed by atoms with E-state index >= 15 is 0 Å². The summed E-state index contributed by atoms with van der Waals surface area (Å²) in [5.41, 5.74) is 1.31. The van der Waals surface area contributed by atoms with Crippen molar-refractivity contribution in [2.75, 3.05) is 0 Å². The molecule has 0 amide bonds. The van der Waals surface area contributed by atoms with Crippen LogP contribution in [0.1, 0.15) is 44.1 Å². The molecule has 1 heterocycles. The molecule has 0 unspecified atom stereocenters. The molecular formula is C19H26O4. The normalized spacial score (nSPS) is 20.1. The van der Waals surface area contributed by atoms with Crippen LogP contribution in [0.25, 0.3) is 0 Å². The first-order valence-electron chi connectivity index (χ1n) is 8.40. The molecule has 4 heteroatoms. The number of benzene rings is 1. The van der Waals surface area contributed by atoms with Gasteiger partial charge in [0.1, 0.15) is 6.10 Å². The van der Waals surface area contributed by atoms with Crippen molar-refractivity contribution in [3.8, 4) is 0 Å². The van der Waals surface area contributed by atoms with Crippen LogP contribution in [0.4, 0.5) is 0 Å². The standard InChI is InChI=1S/C19H26O4/c20-16(10-5-4-9-15-7-2-1-3-8-15)13-17(21)14-18-11-6-12-19(22)23-18/h1-3,6-8,12,16-18,20-21H,4-5,9-11,13-14H2/t16-,17-,18+/m1/s1. The van der Waals surface area contributed by atoms with Crippen molar-refractivity contribution in [3.63, 3.8) is 0 Å². The highest BCUT2D eigenvalue weighted by atomic mass is 16.5. The lowest BCUT2D eigenvalue weighted by atomic mass is 9.99. The van der Waals surface area contributed by atoms with Gasteiger partial charge in [0.25, 0.3) is 0 Å². The summed E-state index contributed by atoms with van der Waals surface area (Å²) in [6.45, 7) is 0. The molecule has 0 spiro atoms. The summed E-state index contributed by atoms with van der Waals surface area (Å²) < 4.78 is 5.12. The van der Waals surface area contributed by atoms with Gasteiger partial charge in [0.15, 0.2) is 0 Å². The maximum atomic E-state index is 11.1. The van der Waals surface area contributed by atoms with E-state index in [1.807, 2.05) is 18.2 Å². The lowest BCUT2D eigenvalue weighted by Crippen LogP contribution is -2.27. The molecule has 0 bridgehead atoms. The third kappa shape index (κ3) is 6.97. The van der Waals surface area contributed by atoms with Gasteiger partial charge in [-0.3, -0.25) is 0 Å². The topological polar surface area (TPSA) is 66.8 Å². The fourth-order valence-corrected chi connectivity index (χ4v) is 2.90. The fraction of sp³-hybridized carbons (Fsp3) is 0.526. The van der Waals surface area contributed by atoms with Crippen molar-refractivity contribution >= 4 is 5.97 Å². The molecule has 1 aromatic carbocycles. The average Bonchev–Trinajstić information content (AvgIpc) is 2.52. The third-order valence-electron chi connectivity index (χ3n) is 4.11. The number of esters is 1. The van der Waals surface area contributed by atoms with Crippen LogP contribution in [-0.2, 0) is 16.0 Å². The number of hydrogen-bond acceptors (Lipinski definition) is 4. The van der Waals surface area contributed by atoms with Gasteiger partial charge >= 0.3 is 5.97 Å². The van der Waals surface area contributed by atoms with Gasteiger partial charge < -0.3 is 14.9 Å². The Labute approximate surface area is 137 Å². The zero-order valence-corrected chi connectivity index (χ0v) is 13.4. The van der Waals surface area contributed by atoms with Crippen LogP contribution in [0.3, 0.4) is 0 Å². The molecule has 3 atom stereocenters. The third-order valence-corrected chi connectivity index (χ3v) is 4.11. The van der Waals surface area contributed by atoms with Crippen LogP contribution in [0, 0.1) is 0 Å². The van der Waals surface area contributed by atoms with E-state index in [4.69, 9.17) is 4.74 Å². The second-order valence-corrected chi connectivity index (χ2v) is 6.21. The minimum absolute atomic E-state index is 0.271. The van der Waals surface area contributed by atoms with Crippen molar-refractivity contribution in [3.05, 3.63) is 48.0 Å². The van der Waals surface area contributed by atoms with E-state index in [0.717, 1.165) is 19.3 Å². The number of rotatable bonds is 9. The zero-order valence-electron chi connectivity index (χ0n) is 13.4. The van der Waals surface area contributed by atoms with Gasteiger partial charge in [0.05, 0.1) is 12.2 Å². The molecule has 0 fully saturated rings. The number of aliphatic hydroxyl groups is 2. The van der Waals surface area contributed by atoms with Crippen LogP contribution >= 0.6 is 0 Å². The molecule has 4 nitrogen and oxygen atoms in total. The van der Waals surface area contributed by atoms with Gasteiger partial charge in [-0.1, -0.05) is 42.8 Å². The van der Waals surface area contributed by atoms with Gasteiger partial charge in [-0.25, -0.2) is 4.79 Å². The molecule has 0 aliphatic carbocycles. The van der Waals surface area contributed by atoms with Crippen LogP contribution in [0.15, 0.2) is 42.5 Å². The number of carbonyl (C=O) groups excluding carboxylic acids is 1. The smallest absolute Gasteiger partial charge is 0.330 e. The summed E-state index contributed by atoms with van der Waals surface area (Å²) in [5.74, 6) is -0.352. The Bertz CT molecular complexity index is 497. The molecule has 1 aromatic rings. The van der Waals surface area contributed by atoms with Crippen LogP contribution in [-0.4, -0.2) is 34.5 Å². The minimum atomic E-state index is -0.636. The van der Waals surface area contributed by atoms with Gasteiger partial charge in [-0.15, -0.1) is 0 Å². The number of ether oxygens (including phenoxy) is 1. The predicted molar refractivity (Wildman–Crippen MR) is 88.9 cm³/mol. The predicted octanol–water partition coefficient (Wildman–Crippen LogP) is 2.77. The van der Waals surface area contributed by atoms with Crippen LogP contribution in [0.2, 0.25) is 0 Å². The lowest BCUT2D eigenvalue weighted by Gasteiger charge is -2.22. The molecule has 2 rings (SSSR count). The summed E-state index contributed by atoms with van der Waals surface area (Å²) in [7, 11) is 0. The average molecular weight is 318 g/mol. The van der Waals surface area contributed by atoms with E-state index in [9.17, 15) is 15.0 Å². The van der Waals surface area contributed by atoms with Crippen molar-refractivity contribution < 1.29 is 19.7 Å². The molecule has 23 heavy (non-hydrogen) atoms. The summed E-state index contributed by atoms with van der Waals surface area (Å²) >= 11 is 0. The number of cyclic esters (lactones) is 1. The largest absolute Gasteiger partial charge is 0.459 e. The maximum Gasteiger partial charge on any atom is 0.330 e. The highest BCUT2D eigenvalue weighted by Gasteiger charge is 2.21. The van der Waals surface area contributed by atoms with Gasteiger partial charge in [0, 0.05) is 18.9 Å². The van der Waals surface area contributed by atoms with Crippen LogP contribution in [0.5, 0.6) is 0 Å². The summed E-state index contributed by atoms with van der Waals surface area (Å²) in [6, 6.07) is 10.3. The monoisotopic (exact) mass is 318 g/mol. The quantitative estimate of drug-likeness (QED) is 0.543. The second kappa shape index (κ2) is 9.48. The first kappa shape index (κ1) is 17.7. The minimum Gasteiger partial charge on any atom is -0.459 e. The number of unbranched alkanes of at least 4 members (excludes halogenated alkanes) is 1. The molecule has 126 valence electrons. The Morgan fingerprint density at radius 1 is 1.13 bits per heavy atom. The molecule has 0 aromatic heterocycles. The van der Waals surface area contributed by atoms with E-state index in [0.29, 0.717) is 25.7 Å².